The monoisotopic (exact) mass is 344 g/mol. The largest absolute Gasteiger partial charge is 0.489 e. The lowest BCUT2D eigenvalue weighted by atomic mass is 10.3. The maximum atomic E-state index is 12.0. The molecule has 0 atom stereocenters. The Morgan fingerprint density at radius 3 is 2.64 bits per heavy atom. The van der Waals surface area contributed by atoms with E-state index in [4.69, 9.17) is 9.47 Å². The summed E-state index contributed by atoms with van der Waals surface area (Å²) in [6.07, 6.45) is 0.820. The molecular weight excluding hydrogens is 320 g/mol. The Hall–Kier alpha value is -2.67. The first-order chi connectivity index (χ1) is 12.1. The fraction of sp³-hybridized carbons (Fsp3) is 0.389. The summed E-state index contributed by atoms with van der Waals surface area (Å²) in [6, 6.07) is 10.9. The van der Waals surface area contributed by atoms with E-state index in [-0.39, 0.29) is 17.7 Å². The van der Waals surface area contributed by atoms with E-state index >= 15 is 0 Å². The molecule has 0 unspecified atom stereocenters. The molecule has 7 heteroatoms. The summed E-state index contributed by atoms with van der Waals surface area (Å²) in [5.41, 5.74) is 1.07. The first-order valence-corrected chi connectivity index (χ1v) is 8.23. The molecule has 0 aliphatic carbocycles. The highest BCUT2D eigenvalue weighted by molar-refractivity contribution is 5.92. The van der Waals surface area contributed by atoms with Crippen LogP contribution in [0, 0.1) is 0 Å². The molecule has 0 saturated carbocycles. The van der Waals surface area contributed by atoms with Crippen LogP contribution in [0.3, 0.4) is 0 Å². The van der Waals surface area contributed by atoms with Crippen molar-refractivity contribution in [1.29, 1.82) is 0 Å². The minimum Gasteiger partial charge on any atom is -0.489 e. The van der Waals surface area contributed by atoms with Gasteiger partial charge in [-0.05, 0) is 44.5 Å². The van der Waals surface area contributed by atoms with Crippen LogP contribution in [-0.4, -0.2) is 42.5 Å². The number of hydrogen-bond acceptors (Lipinski definition) is 6. The highest BCUT2D eigenvalue weighted by Gasteiger charge is 2.09. The molecule has 1 amide bonds. The lowest BCUT2D eigenvalue weighted by Crippen LogP contribution is -2.26. The Kier molecular flexibility index (Phi) is 7.16. The Bertz CT molecular complexity index is 674. The summed E-state index contributed by atoms with van der Waals surface area (Å²) in [5.74, 6) is 1.02. The standard InChI is InChI=1S/C18H24N4O3/c1-13(2)25-16-8-5-4-7-14(16)20-17-10-9-15(21-22-17)18(23)19-11-6-12-24-3/h4-5,7-10,13H,6,11-12H2,1-3H3,(H,19,23)(H,20,22). The fourth-order valence-corrected chi connectivity index (χ4v) is 2.09. The Morgan fingerprint density at radius 1 is 1.16 bits per heavy atom. The number of nitrogens with one attached hydrogen (secondary N) is 2. The molecule has 0 aliphatic rings. The second-order valence-corrected chi connectivity index (χ2v) is 5.69. The van der Waals surface area contributed by atoms with Crippen molar-refractivity contribution in [3.63, 3.8) is 0 Å². The van der Waals surface area contributed by atoms with Crippen molar-refractivity contribution in [2.24, 2.45) is 0 Å². The van der Waals surface area contributed by atoms with E-state index in [2.05, 4.69) is 20.8 Å². The second kappa shape index (κ2) is 9.58. The first kappa shape index (κ1) is 18.7. The van der Waals surface area contributed by atoms with Crippen LogP contribution in [0.2, 0.25) is 0 Å². The molecule has 0 radical (unpaired) electrons. The van der Waals surface area contributed by atoms with Crippen LogP contribution in [0.4, 0.5) is 11.5 Å². The predicted molar refractivity (Wildman–Crippen MR) is 96.3 cm³/mol. The van der Waals surface area contributed by atoms with Gasteiger partial charge in [-0.25, -0.2) is 0 Å². The molecule has 134 valence electrons. The average molecular weight is 344 g/mol. The molecule has 0 aliphatic heterocycles. The van der Waals surface area contributed by atoms with Gasteiger partial charge in [-0.3, -0.25) is 4.79 Å². The molecule has 1 aromatic carbocycles. The van der Waals surface area contributed by atoms with Gasteiger partial charge in [-0.1, -0.05) is 12.1 Å². The average Bonchev–Trinajstić information content (AvgIpc) is 2.60. The topological polar surface area (TPSA) is 85.4 Å². The molecule has 0 spiro atoms. The van der Waals surface area contributed by atoms with Gasteiger partial charge < -0.3 is 20.1 Å². The van der Waals surface area contributed by atoms with E-state index in [1.165, 1.54) is 0 Å². The quantitative estimate of drug-likeness (QED) is 0.681. The molecule has 2 rings (SSSR count). The minimum atomic E-state index is -0.251. The maximum absolute atomic E-state index is 12.0. The molecule has 0 saturated heterocycles. The molecule has 7 nitrogen and oxygen atoms in total. The number of para-hydroxylation sites is 2. The number of carbonyl (C=O) groups is 1. The Labute approximate surface area is 147 Å². The van der Waals surface area contributed by atoms with Crippen molar-refractivity contribution >= 4 is 17.4 Å². The van der Waals surface area contributed by atoms with Crippen molar-refractivity contribution in [2.45, 2.75) is 26.4 Å². The van der Waals surface area contributed by atoms with E-state index in [0.717, 1.165) is 17.9 Å². The van der Waals surface area contributed by atoms with Crippen LogP contribution in [0.1, 0.15) is 30.8 Å². The van der Waals surface area contributed by atoms with E-state index in [1.807, 2.05) is 38.1 Å². The van der Waals surface area contributed by atoms with Gasteiger partial charge in [-0.2, -0.15) is 0 Å². The third kappa shape index (κ3) is 6.04. The van der Waals surface area contributed by atoms with Crippen molar-refractivity contribution in [2.75, 3.05) is 25.6 Å². The smallest absolute Gasteiger partial charge is 0.271 e. The maximum Gasteiger partial charge on any atom is 0.271 e. The van der Waals surface area contributed by atoms with Crippen LogP contribution in [0.5, 0.6) is 5.75 Å². The van der Waals surface area contributed by atoms with Gasteiger partial charge in [-0.15, -0.1) is 10.2 Å². The number of aromatic nitrogens is 2. The zero-order valence-electron chi connectivity index (χ0n) is 14.8. The van der Waals surface area contributed by atoms with Crippen LogP contribution < -0.4 is 15.4 Å². The van der Waals surface area contributed by atoms with Crippen molar-refractivity contribution < 1.29 is 14.3 Å². The summed E-state index contributed by atoms with van der Waals surface area (Å²) in [7, 11) is 1.63. The van der Waals surface area contributed by atoms with E-state index < -0.39 is 0 Å². The number of nitrogens with zero attached hydrogens (tertiary/aromatic N) is 2. The number of carbonyl (C=O) groups excluding carboxylic acids is 1. The summed E-state index contributed by atoms with van der Waals surface area (Å²) >= 11 is 0. The van der Waals surface area contributed by atoms with Gasteiger partial charge in [0.15, 0.2) is 11.5 Å². The van der Waals surface area contributed by atoms with Crippen molar-refractivity contribution in [3.8, 4) is 5.75 Å². The third-order valence-electron chi connectivity index (χ3n) is 3.22. The number of benzene rings is 1. The van der Waals surface area contributed by atoms with Crippen molar-refractivity contribution in [1.82, 2.24) is 15.5 Å². The van der Waals surface area contributed by atoms with Gasteiger partial charge in [0.05, 0.1) is 11.8 Å². The van der Waals surface area contributed by atoms with Crippen LogP contribution in [0.15, 0.2) is 36.4 Å². The second-order valence-electron chi connectivity index (χ2n) is 5.69. The molecule has 2 N–H and O–H groups in total. The van der Waals surface area contributed by atoms with E-state index in [0.29, 0.717) is 19.0 Å². The number of rotatable bonds is 9. The molecule has 1 heterocycles. The minimum absolute atomic E-state index is 0.0678. The van der Waals surface area contributed by atoms with Gasteiger partial charge in [0.1, 0.15) is 5.75 Å². The summed E-state index contributed by atoms with van der Waals surface area (Å²) in [5, 5.41) is 14.0. The lowest BCUT2D eigenvalue weighted by molar-refractivity contribution is 0.0942. The molecular formula is C18H24N4O3. The molecule has 0 bridgehead atoms. The number of anilines is 2. The SMILES string of the molecule is COCCCNC(=O)c1ccc(Nc2ccccc2OC(C)C)nn1. The molecule has 0 fully saturated rings. The highest BCUT2D eigenvalue weighted by atomic mass is 16.5. The number of methoxy groups -OCH3 is 1. The molecule has 1 aromatic heterocycles. The van der Waals surface area contributed by atoms with Gasteiger partial charge in [0.25, 0.3) is 5.91 Å². The van der Waals surface area contributed by atoms with E-state index in [9.17, 15) is 4.79 Å². The fourth-order valence-electron chi connectivity index (χ4n) is 2.09. The van der Waals surface area contributed by atoms with Crippen LogP contribution in [0.25, 0.3) is 0 Å². The number of hydrogen-bond donors (Lipinski definition) is 2. The molecule has 2 aromatic rings. The predicted octanol–water partition coefficient (Wildman–Crippen LogP) is 2.77. The third-order valence-corrected chi connectivity index (χ3v) is 3.22. The zero-order chi connectivity index (χ0) is 18.1. The highest BCUT2D eigenvalue weighted by Crippen LogP contribution is 2.27. The molecule has 25 heavy (non-hydrogen) atoms. The van der Waals surface area contributed by atoms with Crippen molar-refractivity contribution in [3.05, 3.63) is 42.1 Å². The number of ether oxygens (including phenoxy) is 2. The summed E-state index contributed by atoms with van der Waals surface area (Å²) < 4.78 is 10.7. The normalized spacial score (nSPS) is 10.6. The van der Waals surface area contributed by atoms with Gasteiger partial charge in [0, 0.05) is 20.3 Å². The zero-order valence-corrected chi connectivity index (χ0v) is 14.8. The van der Waals surface area contributed by atoms with E-state index in [1.54, 1.807) is 19.2 Å². The Morgan fingerprint density at radius 2 is 1.96 bits per heavy atom. The first-order valence-electron chi connectivity index (χ1n) is 8.23. The summed E-state index contributed by atoms with van der Waals surface area (Å²) in [6.45, 7) is 5.08. The van der Waals surface area contributed by atoms with Crippen LogP contribution >= 0.6 is 0 Å². The lowest BCUT2D eigenvalue weighted by Gasteiger charge is -2.14. The van der Waals surface area contributed by atoms with Gasteiger partial charge >= 0.3 is 0 Å². The van der Waals surface area contributed by atoms with Gasteiger partial charge in [0.2, 0.25) is 0 Å². The number of amides is 1. The summed E-state index contributed by atoms with van der Waals surface area (Å²) in [4.78, 5) is 12.0. The Balaban J connectivity index is 1.98. The van der Waals surface area contributed by atoms with Crippen LogP contribution in [-0.2, 0) is 4.74 Å².